The summed E-state index contributed by atoms with van der Waals surface area (Å²) in [6.07, 6.45) is 1.79. The zero-order chi connectivity index (χ0) is 11.7. The van der Waals surface area contributed by atoms with Crippen molar-refractivity contribution >= 4 is 38.9 Å². The number of nitrogens with zero attached hydrogens (tertiary/aromatic N) is 1. The van der Waals surface area contributed by atoms with Crippen molar-refractivity contribution in [1.29, 1.82) is 0 Å². The van der Waals surface area contributed by atoms with Crippen LogP contribution in [-0.4, -0.2) is 4.57 Å². The molecule has 0 radical (unpaired) electrons. The molecule has 0 bridgehead atoms. The number of halogens is 2. The molecule has 84 valence electrons. The highest BCUT2D eigenvalue weighted by atomic mass is 79.9. The Hall–Kier alpha value is -0.580. The van der Waals surface area contributed by atoms with Crippen molar-refractivity contribution < 1.29 is 0 Å². The van der Waals surface area contributed by atoms with E-state index in [2.05, 4.69) is 15.9 Å². The van der Waals surface area contributed by atoms with Gasteiger partial charge in [0.05, 0.1) is 10.9 Å². The number of hydrogen-bond donors (Lipinski definition) is 0. The van der Waals surface area contributed by atoms with Crippen LogP contribution >= 0.6 is 38.9 Å². The van der Waals surface area contributed by atoms with Gasteiger partial charge < -0.3 is 4.57 Å². The molecule has 0 aliphatic heterocycles. The van der Waals surface area contributed by atoms with Gasteiger partial charge >= 0.3 is 0 Å². The molecule has 2 rings (SSSR count). The Balaban J connectivity index is 2.38. The van der Waals surface area contributed by atoms with E-state index in [4.69, 9.17) is 11.6 Å². The van der Waals surface area contributed by atoms with E-state index in [1.807, 2.05) is 25.1 Å². The molecule has 0 N–H and O–H groups in total. The van der Waals surface area contributed by atoms with Crippen molar-refractivity contribution in [3.63, 3.8) is 0 Å². The van der Waals surface area contributed by atoms with Crippen LogP contribution in [0.3, 0.4) is 0 Å². The molecule has 0 aromatic carbocycles. The van der Waals surface area contributed by atoms with Crippen molar-refractivity contribution in [3.8, 4) is 0 Å². The van der Waals surface area contributed by atoms with E-state index in [0.29, 0.717) is 6.54 Å². The minimum atomic E-state index is 0.0349. The predicted octanol–water partition coefficient (Wildman–Crippen LogP) is 3.68. The molecule has 0 saturated heterocycles. The Morgan fingerprint density at radius 1 is 1.50 bits per heavy atom. The van der Waals surface area contributed by atoms with E-state index in [1.54, 1.807) is 10.8 Å². The van der Waals surface area contributed by atoms with Gasteiger partial charge in [0.1, 0.15) is 0 Å². The first-order valence-corrected chi connectivity index (χ1v) is 6.66. The monoisotopic (exact) mass is 317 g/mol. The van der Waals surface area contributed by atoms with Crippen LogP contribution in [0.4, 0.5) is 0 Å². The first kappa shape index (κ1) is 11.9. The van der Waals surface area contributed by atoms with Gasteiger partial charge in [-0.25, -0.2) is 0 Å². The molecule has 0 saturated carbocycles. The fourth-order valence-corrected chi connectivity index (χ4v) is 3.14. The molecular formula is C11H9BrClNOS. The van der Waals surface area contributed by atoms with Gasteiger partial charge in [-0.2, -0.15) is 0 Å². The van der Waals surface area contributed by atoms with E-state index in [-0.39, 0.29) is 5.56 Å². The summed E-state index contributed by atoms with van der Waals surface area (Å²) >= 11 is 10.7. The number of thiophene rings is 1. The highest BCUT2D eigenvalue weighted by molar-refractivity contribution is 9.10. The lowest BCUT2D eigenvalue weighted by Gasteiger charge is -2.05. The fourth-order valence-electron chi connectivity index (χ4n) is 1.46. The van der Waals surface area contributed by atoms with Crippen LogP contribution < -0.4 is 5.56 Å². The lowest BCUT2D eigenvalue weighted by atomic mass is 10.3. The Bertz CT molecular complexity index is 576. The molecule has 0 atom stereocenters. The lowest BCUT2D eigenvalue weighted by molar-refractivity contribution is 0.759. The van der Waals surface area contributed by atoms with Gasteiger partial charge in [0.2, 0.25) is 0 Å². The summed E-state index contributed by atoms with van der Waals surface area (Å²) in [5.74, 6) is 0. The molecule has 0 aliphatic rings. The number of hydrogen-bond acceptors (Lipinski definition) is 2. The Labute approximate surface area is 111 Å². The van der Waals surface area contributed by atoms with Crippen molar-refractivity contribution in [1.82, 2.24) is 4.57 Å². The number of aromatic nitrogens is 1. The molecule has 2 aromatic rings. The van der Waals surface area contributed by atoms with E-state index in [1.165, 1.54) is 11.3 Å². The molecule has 0 amide bonds. The van der Waals surface area contributed by atoms with Crippen LogP contribution in [0.5, 0.6) is 0 Å². The third kappa shape index (κ3) is 2.56. The van der Waals surface area contributed by atoms with Gasteiger partial charge in [-0.15, -0.1) is 11.3 Å². The topological polar surface area (TPSA) is 22.0 Å². The summed E-state index contributed by atoms with van der Waals surface area (Å²) < 4.78 is 3.34. The number of pyridine rings is 1. The van der Waals surface area contributed by atoms with E-state index in [9.17, 15) is 4.79 Å². The molecule has 0 spiro atoms. The Kier molecular flexibility index (Phi) is 3.52. The molecule has 5 heteroatoms. The van der Waals surface area contributed by atoms with Crippen molar-refractivity contribution in [2.45, 2.75) is 13.5 Å². The second kappa shape index (κ2) is 4.73. The highest BCUT2D eigenvalue weighted by Crippen LogP contribution is 2.22. The van der Waals surface area contributed by atoms with Gasteiger partial charge in [0.25, 0.3) is 5.56 Å². The Morgan fingerprint density at radius 3 is 2.88 bits per heavy atom. The molecule has 16 heavy (non-hydrogen) atoms. The molecule has 2 aromatic heterocycles. The first-order chi connectivity index (χ1) is 7.56. The quantitative estimate of drug-likeness (QED) is 0.828. The van der Waals surface area contributed by atoms with Crippen molar-refractivity contribution in [2.24, 2.45) is 0 Å². The third-order valence-electron chi connectivity index (χ3n) is 2.19. The van der Waals surface area contributed by atoms with Crippen molar-refractivity contribution in [3.05, 3.63) is 54.0 Å². The first-order valence-electron chi connectivity index (χ1n) is 4.67. The number of rotatable bonds is 2. The molecule has 0 unspecified atom stereocenters. The molecule has 0 fully saturated rings. The van der Waals surface area contributed by atoms with E-state index in [0.717, 1.165) is 19.2 Å². The minimum Gasteiger partial charge on any atom is -0.309 e. The summed E-state index contributed by atoms with van der Waals surface area (Å²) in [4.78, 5) is 12.9. The largest absolute Gasteiger partial charge is 0.309 e. The second-order valence-electron chi connectivity index (χ2n) is 3.48. The SMILES string of the molecule is Cc1cc(Br)cn(Cc2ccc(Cl)s2)c1=O. The zero-order valence-corrected chi connectivity index (χ0v) is 11.7. The van der Waals surface area contributed by atoms with Gasteiger partial charge in [0, 0.05) is 21.1 Å². The smallest absolute Gasteiger partial charge is 0.253 e. The molecule has 2 nitrogen and oxygen atoms in total. The van der Waals surface area contributed by atoms with Crippen LogP contribution in [0.2, 0.25) is 4.34 Å². The summed E-state index contributed by atoms with van der Waals surface area (Å²) in [7, 11) is 0. The van der Waals surface area contributed by atoms with Crippen LogP contribution in [0.15, 0.2) is 33.7 Å². The van der Waals surface area contributed by atoms with Crippen LogP contribution in [0.1, 0.15) is 10.4 Å². The molecule has 2 heterocycles. The van der Waals surface area contributed by atoms with Gasteiger partial charge in [-0.05, 0) is 41.1 Å². The van der Waals surface area contributed by atoms with Crippen LogP contribution in [0, 0.1) is 6.92 Å². The summed E-state index contributed by atoms with van der Waals surface area (Å²) in [5, 5.41) is 0. The van der Waals surface area contributed by atoms with Gasteiger partial charge in [0.15, 0.2) is 0 Å². The predicted molar refractivity (Wildman–Crippen MR) is 71.6 cm³/mol. The zero-order valence-electron chi connectivity index (χ0n) is 8.54. The van der Waals surface area contributed by atoms with E-state index >= 15 is 0 Å². The van der Waals surface area contributed by atoms with Gasteiger partial charge in [-0.3, -0.25) is 4.79 Å². The summed E-state index contributed by atoms with van der Waals surface area (Å²) in [6.45, 7) is 2.38. The fraction of sp³-hybridized carbons (Fsp3) is 0.182. The lowest BCUT2D eigenvalue weighted by Crippen LogP contribution is -2.21. The second-order valence-corrected chi connectivity index (χ2v) is 6.20. The third-order valence-corrected chi connectivity index (χ3v) is 3.84. The highest BCUT2D eigenvalue weighted by Gasteiger charge is 2.04. The maximum Gasteiger partial charge on any atom is 0.253 e. The number of aryl methyl sites for hydroxylation is 1. The van der Waals surface area contributed by atoms with Crippen molar-refractivity contribution in [2.75, 3.05) is 0 Å². The maximum atomic E-state index is 11.8. The normalized spacial score (nSPS) is 10.7. The molecular weight excluding hydrogens is 310 g/mol. The Morgan fingerprint density at radius 2 is 2.25 bits per heavy atom. The standard InChI is InChI=1S/C11H9BrClNOS/c1-7-4-8(12)5-14(11(7)15)6-9-2-3-10(13)16-9/h2-5H,6H2,1H3. The van der Waals surface area contributed by atoms with Crippen LogP contribution in [-0.2, 0) is 6.54 Å². The maximum absolute atomic E-state index is 11.8. The summed E-state index contributed by atoms with van der Waals surface area (Å²) in [6, 6.07) is 5.60. The van der Waals surface area contributed by atoms with Crippen LogP contribution in [0.25, 0.3) is 0 Å². The van der Waals surface area contributed by atoms with E-state index < -0.39 is 0 Å². The molecule has 0 aliphatic carbocycles. The minimum absolute atomic E-state index is 0.0349. The average molecular weight is 319 g/mol. The summed E-state index contributed by atoms with van der Waals surface area (Å²) in [5.41, 5.74) is 0.768. The average Bonchev–Trinajstić information content (AvgIpc) is 2.60. The van der Waals surface area contributed by atoms with Gasteiger partial charge in [-0.1, -0.05) is 11.6 Å².